The third-order valence-corrected chi connectivity index (χ3v) is 3.74. The van der Waals surface area contributed by atoms with E-state index in [0.29, 0.717) is 27.1 Å². The number of likely N-dealkylation sites (N-methyl/N-ethyl adjacent to an activating group) is 1. The van der Waals surface area contributed by atoms with E-state index in [4.69, 9.17) is 27.6 Å². The molecule has 0 saturated carbocycles. The van der Waals surface area contributed by atoms with E-state index in [1.807, 2.05) is 0 Å². The lowest BCUT2D eigenvalue weighted by Crippen LogP contribution is -2.25. The van der Waals surface area contributed by atoms with Crippen LogP contribution in [0.1, 0.15) is 5.76 Å². The van der Waals surface area contributed by atoms with Gasteiger partial charge < -0.3 is 9.73 Å². The van der Waals surface area contributed by atoms with Crippen LogP contribution in [0.2, 0.25) is 10.0 Å². The maximum absolute atomic E-state index is 11.8. The maximum atomic E-state index is 11.8. The third-order valence-electron chi connectivity index (χ3n) is 3.19. The van der Waals surface area contributed by atoms with Gasteiger partial charge in [0.1, 0.15) is 17.2 Å². The normalized spacial score (nSPS) is 16.5. The second kappa shape index (κ2) is 5.51. The Morgan fingerprint density at radius 3 is 2.59 bits per heavy atom. The molecule has 1 N–H and O–H groups in total. The molecule has 7 heteroatoms. The van der Waals surface area contributed by atoms with Crippen molar-refractivity contribution in [1.82, 2.24) is 10.2 Å². The topological polar surface area (TPSA) is 62.6 Å². The zero-order valence-electron chi connectivity index (χ0n) is 11.4. The summed E-state index contributed by atoms with van der Waals surface area (Å²) in [6.45, 7) is 0. The average Bonchev–Trinajstić information content (AvgIpc) is 3.01. The Morgan fingerprint density at radius 2 is 1.95 bits per heavy atom. The molecule has 0 radical (unpaired) electrons. The lowest BCUT2D eigenvalue weighted by Gasteiger charge is -2.01. The molecule has 5 nitrogen and oxygen atoms in total. The number of nitrogens with zero attached hydrogens (tertiary/aromatic N) is 1. The van der Waals surface area contributed by atoms with Crippen molar-refractivity contribution >= 4 is 41.2 Å². The molecule has 2 heterocycles. The number of rotatable bonds is 2. The van der Waals surface area contributed by atoms with Crippen molar-refractivity contribution in [2.24, 2.45) is 0 Å². The molecule has 0 spiro atoms. The number of hydrogen-bond donors (Lipinski definition) is 1. The van der Waals surface area contributed by atoms with E-state index >= 15 is 0 Å². The van der Waals surface area contributed by atoms with Gasteiger partial charge in [0.2, 0.25) is 0 Å². The maximum Gasteiger partial charge on any atom is 0.328 e. The van der Waals surface area contributed by atoms with Gasteiger partial charge in [0.15, 0.2) is 0 Å². The summed E-state index contributed by atoms with van der Waals surface area (Å²) in [5.74, 6) is 0.561. The molecule has 112 valence electrons. The van der Waals surface area contributed by atoms with Crippen LogP contribution in [0.15, 0.2) is 40.4 Å². The summed E-state index contributed by atoms with van der Waals surface area (Å²) in [7, 11) is 1.40. The minimum Gasteiger partial charge on any atom is -0.457 e. The van der Waals surface area contributed by atoms with Crippen LogP contribution >= 0.6 is 23.2 Å². The average molecular weight is 337 g/mol. The minimum absolute atomic E-state index is 0.163. The molecular weight excluding hydrogens is 327 g/mol. The van der Waals surface area contributed by atoms with Crippen LogP contribution in [0.3, 0.4) is 0 Å². The van der Waals surface area contributed by atoms with Crippen LogP contribution < -0.4 is 5.32 Å². The van der Waals surface area contributed by atoms with E-state index < -0.39 is 11.9 Å². The Bertz CT molecular complexity index is 811. The highest BCUT2D eigenvalue weighted by molar-refractivity contribution is 6.36. The molecule has 1 aliphatic rings. The number of halogens is 2. The Hall–Kier alpha value is -2.24. The summed E-state index contributed by atoms with van der Waals surface area (Å²) >= 11 is 12.0. The van der Waals surface area contributed by atoms with Crippen molar-refractivity contribution < 1.29 is 14.0 Å². The molecule has 0 atom stereocenters. The standard InChI is InChI=1S/C15H10Cl2N2O3/c1-19-14(20)12(18-15(19)21)7-9-3-5-13(22-9)10-4-2-8(16)6-11(10)17/h2-7H,1H3,(H,18,21)/b12-7+. The first-order chi connectivity index (χ1) is 10.5. The van der Waals surface area contributed by atoms with Gasteiger partial charge in [-0.2, -0.15) is 0 Å². The van der Waals surface area contributed by atoms with Gasteiger partial charge in [-0.15, -0.1) is 0 Å². The highest BCUT2D eigenvalue weighted by atomic mass is 35.5. The van der Waals surface area contributed by atoms with Crippen molar-refractivity contribution in [3.05, 3.63) is 51.8 Å². The lowest BCUT2D eigenvalue weighted by atomic mass is 10.2. The second-order valence-electron chi connectivity index (χ2n) is 4.68. The predicted octanol–water partition coefficient (Wildman–Crippen LogP) is 3.78. The van der Waals surface area contributed by atoms with Crippen LogP contribution in [0.4, 0.5) is 4.79 Å². The molecule has 3 rings (SSSR count). The van der Waals surface area contributed by atoms with Crippen LogP contribution in [0, 0.1) is 0 Å². The zero-order chi connectivity index (χ0) is 15.9. The van der Waals surface area contributed by atoms with Crippen LogP contribution in [-0.4, -0.2) is 23.9 Å². The summed E-state index contributed by atoms with van der Waals surface area (Å²) in [5, 5.41) is 3.46. The second-order valence-corrected chi connectivity index (χ2v) is 5.52. The molecule has 3 amide bonds. The van der Waals surface area contributed by atoms with Gasteiger partial charge in [-0.05, 0) is 30.3 Å². The Morgan fingerprint density at radius 1 is 1.18 bits per heavy atom. The summed E-state index contributed by atoms with van der Waals surface area (Å²) in [5.41, 5.74) is 0.852. The molecular formula is C15H10Cl2N2O3. The highest BCUT2D eigenvalue weighted by Crippen LogP contribution is 2.32. The van der Waals surface area contributed by atoms with Crippen molar-refractivity contribution in [2.45, 2.75) is 0 Å². The van der Waals surface area contributed by atoms with Crippen LogP contribution in [0.25, 0.3) is 17.4 Å². The minimum atomic E-state index is -0.469. The molecule has 0 aliphatic carbocycles. The Balaban J connectivity index is 1.92. The Labute approximate surface area is 136 Å². The smallest absolute Gasteiger partial charge is 0.328 e. The number of carbonyl (C=O) groups excluding carboxylic acids is 2. The molecule has 22 heavy (non-hydrogen) atoms. The van der Waals surface area contributed by atoms with Crippen molar-refractivity contribution in [2.75, 3.05) is 7.05 Å². The van der Waals surface area contributed by atoms with E-state index in [0.717, 1.165) is 4.90 Å². The monoisotopic (exact) mass is 336 g/mol. The number of benzene rings is 1. The van der Waals surface area contributed by atoms with Gasteiger partial charge in [-0.3, -0.25) is 9.69 Å². The number of imide groups is 1. The van der Waals surface area contributed by atoms with E-state index in [1.54, 1.807) is 30.3 Å². The SMILES string of the molecule is CN1C(=O)N/C(=C/c2ccc(-c3ccc(Cl)cc3Cl)o2)C1=O. The fourth-order valence-corrected chi connectivity index (χ4v) is 2.53. The zero-order valence-corrected chi connectivity index (χ0v) is 12.9. The molecule has 1 saturated heterocycles. The fourth-order valence-electron chi connectivity index (χ4n) is 2.03. The van der Waals surface area contributed by atoms with Gasteiger partial charge in [-0.25, -0.2) is 4.79 Å². The van der Waals surface area contributed by atoms with Crippen molar-refractivity contribution in [3.8, 4) is 11.3 Å². The van der Waals surface area contributed by atoms with Gasteiger partial charge in [-0.1, -0.05) is 23.2 Å². The van der Waals surface area contributed by atoms with E-state index in [-0.39, 0.29) is 5.70 Å². The highest BCUT2D eigenvalue weighted by Gasteiger charge is 2.30. The molecule has 0 bridgehead atoms. The molecule has 1 fully saturated rings. The van der Waals surface area contributed by atoms with E-state index in [2.05, 4.69) is 5.32 Å². The fraction of sp³-hybridized carbons (Fsp3) is 0.0667. The summed E-state index contributed by atoms with van der Waals surface area (Å²) < 4.78 is 5.65. The first kappa shape index (κ1) is 14.7. The molecule has 2 aromatic rings. The molecule has 0 unspecified atom stereocenters. The third kappa shape index (κ3) is 2.61. The number of furan rings is 1. The largest absolute Gasteiger partial charge is 0.457 e. The molecule has 1 aromatic carbocycles. The van der Waals surface area contributed by atoms with Crippen molar-refractivity contribution in [3.63, 3.8) is 0 Å². The number of amides is 3. The van der Waals surface area contributed by atoms with Gasteiger partial charge in [0, 0.05) is 23.7 Å². The predicted molar refractivity (Wildman–Crippen MR) is 83.4 cm³/mol. The number of urea groups is 1. The van der Waals surface area contributed by atoms with Gasteiger partial charge in [0.25, 0.3) is 5.91 Å². The number of hydrogen-bond acceptors (Lipinski definition) is 3. The lowest BCUT2D eigenvalue weighted by molar-refractivity contribution is -0.121. The van der Waals surface area contributed by atoms with Gasteiger partial charge >= 0.3 is 6.03 Å². The number of carbonyl (C=O) groups is 2. The number of nitrogens with one attached hydrogen (secondary N) is 1. The quantitative estimate of drug-likeness (QED) is 0.670. The van der Waals surface area contributed by atoms with Crippen LogP contribution in [-0.2, 0) is 4.79 Å². The molecule has 1 aromatic heterocycles. The first-order valence-electron chi connectivity index (χ1n) is 6.31. The first-order valence-corrected chi connectivity index (χ1v) is 7.07. The van der Waals surface area contributed by atoms with E-state index in [1.165, 1.54) is 13.1 Å². The van der Waals surface area contributed by atoms with E-state index in [9.17, 15) is 9.59 Å². The summed E-state index contributed by atoms with van der Waals surface area (Å²) in [4.78, 5) is 24.2. The Kier molecular flexibility index (Phi) is 3.68. The van der Waals surface area contributed by atoms with Crippen molar-refractivity contribution in [1.29, 1.82) is 0 Å². The van der Waals surface area contributed by atoms with Crippen LogP contribution in [0.5, 0.6) is 0 Å². The van der Waals surface area contributed by atoms with Gasteiger partial charge in [0.05, 0.1) is 5.02 Å². The summed E-state index contributed by atoms with van der Waals surface area (Å²) in [6, 6.07) is 8.02. The summed E-state index contributed by atoms with van der Waals surface area (Å²) in [6.07, 6.45) is 1.47. The molecule has 1 aliphatic heterocycles.